The third-order valence-electron chi connectivity index (χ3n) is 4.96. The number of hydrogen-bond acceptors (Lipinski definition) is 3. The first kappa shape index (κ1) is 17.6. The lowest BCUT2D eigenvalue weighted by atomic mass is 10.0. The summed E-state index contributed by atoms with van der Waals surface area (Å²) in [5, 5.41) is 0. The number of aromatic nitrogens is 1. The van der Waals surface area contributed by atoms with Gasteiger partial charge < -0.3 is 4.90 Å². The van der Waals surface area contributed by atoms with Crippen LogP contribution in [0.2, 0.25) is 0 Å². The highest BCUT2D eigenvalue weighted by atomic mass is 16.2. The Morgan fingerprint density at radius 3 is 2.60 bits per heavy atom. The first-order valence-electron chi connectivity index (χ1n) is 9.07. The third-order valence-corrected chi connectivity index (χ3v) is 4.96. The zero-order valence-electron chi connectivity index (χ0n) is 15.2. The Hall–Kier alpha value is -2.20. The Balaban J connectivity index is 1.45. The standard InChI is InChI=1S/C21H27N3O/c1-17-5-6-20(18(2)14-17)7-8-21(25)24-12-10-23(11-13-24)16-19-4-3-9-22-15-19/h3-6,9,14-15H,7-8,10-13,16H2,1-2H3. The molecule has 132 valence electrons. The van der Waals surface area contributed by atoms with Crippen molar-refractivity contribution in [3.63, 3.8) is 0 Å². The van der Waals surface area contributed by atoms with Gasteiger partial charge in [0.2, 0.25) is 5.91 Å². The lowest BCUT2D eigenvalue weighted by Gasteiger charge is -2.34. The molecule has 1 aliphatic rings. The Bertz CT molecular complexity index is 706. The molecular formula is C21H27N3O. The van der Waals surface area contributed by atoms with Gasteiger partial charge in [-0.2, -0.15) is 0 Å². The molecule has 0 atom stereocenters. The lowest BCUT2D eigenvalue weighted by Crippen LogP contribution is -2.48. The van der Waals surface area contributed by atoms with Gasteiger partial charge in [-0.3, -0.25) is 14.7 Å². The van der Waals surface area contributed by atoms with E-state index >= 15 is 0 Å². The van der Waals surface area contributed by atoms with Crippen LogP contribution in [0.15, 0.2) is 42.7 Å². The van der Waals surface area contributed by atoms with Gasteiger partial charge >= 0.3 is 0 Å². The molecule has 0 saturated carbocycles. The fourth-order valence-electron chi connectivity index (χ4n) is 3.43. The summed E-state index contributed by atoms with van der Waals surface area (Å²) < 4.78 is 0. The molecule has 0 unspecified atom stereocenters. The molecule has 0 radical (unpaired) electrons. The first-order chi connectivity index (χ1) is 12.1. The van der Waals surface area contributed by atoms with Crippen molar-refractivity contribution in [2.24, 2.45) is 0 Å². The summed E-state index contributed by atoms with van der Waals surface area (Å²) >= 11 is 0. The molecule has 1 fully saturated rings. The van der Waals surface area contributed by atoms with Crippen LogP contribution >= 0.6 is 0 Å². The van der Waals surface area contributed by atoms with Crippen LogP contribution < -0.4 is 0 Å². The van der Waals surface area contributed by atoms with Gasteiger partial charge in [-0.25, -0.2) is 0 Å². The molecule has 0 N–H and O–H groups in total. The van der Waals surface area contributed by atoms with Crippen LogP contribution in [0, 0.1) is 13.8 Å². The number of aryl methyl sites for hydroxylation is 3. The molecule has 25 heavy (non-hydrogen) atoms. The molecule has 4 nitrogen and oxygen atoms in total. The van der Waals surface area contributed by atoms with E-state index in [4.69, 9.17) is 0 Å². The van der Waals surface area contributed by atoms with Gasteiger partial charge in [0.15, 0.2) is 0 Å². The van der Waals surface area contributed by atoms with Crippen LogP contribution in [0.3, 0.4) is 0 Å². The maximum atomic E-state index is 12.5. The maximum absolute atomic E-state index is 12.5. The van der Waals surface area contributed by atoms with E-state index in [-0.39, 0.29) is 5.91 Å². The highest BCUT2D eigenvalue weighted by molar-refractivity contribution is 5.76. The molecular weight excluding hydrogens is 310 g/mol. The summed E-state index contributed by atoms with van der Waals surface area (Å²) in [7, 11) is 0. The lowest BCUT2D eigenvalue weighted by molar-refractivity contribution is -0.133. The third kappa shape index (κ3) is 4.89. The molecule has 1 aromatic heterocycles. The van der Waals surface area contributed by atoms with E-state index in [2.05, 4.69) is 48.0 Å². The molecule has 4 heteroatoms. The Morgan fingerprint density at radius 1 is 1.12 bits per heavy atom. The second kappa shape index (κ2) is 8.26. The average Bonchev–Trinajstić information content (AvgIpc) is 2.62. The predicted molar refractivity (Wildman–Crippen MR) is 100 cm³/mol. The molecule has 2 aromatic rings. The van der Waals surface area contributed by atoms with Gasteiger partial charge in [0.25, 0.3) is 0 Å². The van der Waals surface area contributed by atoms with Gasteiger partial charge in [-0.15, -0.1) is 0 Å². The molecule has 1 aromatic carbocycles. The number of amides is 1. The number of rotatable bonds is 5. The number of hydrogen-bond donors (Lipinski definition) is 0. The van der Waals surface area contributed by atoms with E-state index in [1.807, 2.05) is 17.2 Å². The normalized spacial score (nSPS) is 15.4. The minimum Gasteiger partial charge on any atom is -0.340 e. The van der Waals surface area contributed by atoms with Crippen LogP contribution in [0.1, 0.15) is 28.7 Å². The van der Waals surface area contributed by atoms with Crippen molar-refractivity contribution >= 4 is 5.91 Å². The number of piperazine rings is 1. The largest absolute Gasteiger partial charge is 0.340 e. The monoisotopic (exact) mass is 337 g/mol. The molecule has 1 aliphatic heterocycles. The van der Waals surface area contributed by atoms with Crippen molar-refractivity contribution in [3.8, 4) is 0 Å². The number of carbonyl (C=O) groups excluding carboxylic acids is 1. The van der Waals surface area contributed by atoms with Gasteiger partial charge in [0.05, 0.1) is 0 Å². The summed E-state index contributed by atoms with van der Waals surface area (Å²) in [6, 6.07) is 10.6. The van der Waals surface area contributed by atoms with E-state index in [1.54, 1.807) is 6.20 Å². The van der Waals surface area contributed by atoms with Crippen LogP contribution in [-0.2, 0) is 17.8 Å². The van der Waals surface area contributed by atoms with Crippen molar-refractivity contribution in [3.05, 3.63) is 65.0 Å². The zero-order chi connectivity index (χ0) is 17.6. The van der Waals surface area contributed by atoms with Gasteiger partial charge in [-0.1, -0.05) is 29.8 Å². The van der Waals surface area contributed by atoms with Crippen LogP contribution in [0.5, 0.6) is 0 Å². The summed E-state index contributed by atoms with van der Waals surface area (Å²) in [5.74, 6) is 0.279. The van der Waals surface area contributed by atoms with Crippen molar-refractivity contribution in [1.29, 1.82) is 0 Å². The van der Waals surface area contributed by atoms with E-state index < -0.39 is 0 Å². The quantitative estimate of drug-likeness (QED) is 0.842. The molecule has 0 spiro atoms. The average molecular weight is 337 g/mol. The van der Waals surface area contributed by atoms with Gasteiger partial charge in [0.1, 0.15) is 0 Å². The zero-order valence-corrected chi connectivity index (χ0v) is 15.2. The van der Waals surface area contributed by atoms with E-state index in [0.29, 0.717) is 6.42 Å². The summed E-state index contributed by atoms with van der Waals surface area (Å²) in [5.41, 5.74) is 5.08. The fraction of sp³-hybridized carbons (Fsp3) is 0.429. The predicted octanol–water partition coefficient (Wildman–Crippen LogP) is 2.98. The fourth-order valence-corrected chi connectivity index (χ4v) is 3.43. The first-order valence-corrected chi connectivity index (χ1v) is 9.07. The van der Waals surface area contributed by atoms with Crippen LogP contribution in [0.25, 0.3) is 0 Å². The molecule has 3 rings (SSSR count). The summed E-state index contributed by atoms with van der Waals surface area (Å²) in [6.45, 7) is 8.67. The maximum Gasteiger partial charge on any atom is 0.222 e. The number of nitrogens with zero attached hydrogens (tertiary/aromatic N) is 3. The van der Waals surface area contributed by atoms with Crippen molar-refractivity contribution in [2.75, 3.05) is 26.2 Å². The summed E-state index contributed by atoms with van der Waals surface area (Å²) in [6.07, 6.45) is 5.16. The highest BCUT2D eigenvalue weighted by Crippen LogP contribution is 2.14. The molecule has 2 heterocycles. The van der Waals surface area contributed by atoms with Gasteiger partial charge in [0, 0.05) is 51.5 Å². The second-order valence-corrected chi connectivity index (χ2v) is 6.95. The number of pyridine rings is 1. The molecule has 1 amide bonds. The number of benzene rings is 1. The van der Waals surface area contributed by atoms with Crippen molar-refractivity contribution < 1.29 is 4.79 Å². The van der Waals surface area contributed by atoms with Crippen LogP contribution in [0.4, 0.5) is 0 Å². The van der Waals surface area contributed by atoms with Crippen molar-refractivity contribution in [2.45, 2.75) is 33.2 Å². The molecule has 1 saturated heterocycles. The van der Waals surface area contributed by atoms with E-state index in [9.17, 15) is 4.79 Å². The SMILES string of the molecule is Cc1ccc(CCC(=O)N2CCN(Cc3cccnc3)CC2)c(C)c1. The highest BCUT2D eigenvalue weighted by Gasteiger charge is 2.21. The van der Waals surface area contributed by atoms with E-state index in [1.165, 1.54) is 22.3 Å². The topological polar surface area (TPSA) is 36.4 Å². The second-order valence-electron chi connectivity index (χ2n) is 6.95. The Morgan fingerprint density at radius 2 is 1.92 bits per heavy atom. The minimum atomic E-state index is 0.279. The van der Waals surface area contributed by atoms with Crippen LogP contribution in [-0.4, -0.2) is 46.9 Å². The van der Waals surface area contributed by atoms with Crippen molar-refractivity contribution in [1.82, 2.24) is 14.8 Å². The van der Waals surface area contributed by atoms with E-state index in [0.717, 1.165) is 39.1 Å². The Labute approximate surface area is 150 Å². The Kier molecular flexibility index (Phi) is 5.82. The molecule has 0 bridgehead atoms. The summed E-state index contributed by atoms with van der Waals surface area (Å²) in [4.78, 5) is 21.1. The number of carbonyl (C=O) groups is 1. The molecule has 0 aliphatic carbocycles. The smallest absolute Gasteiger partial charge is 0.222 e. The minimum absolute atomic E-state index is 0.279. The van der Waals surface area contributed by atoms with Gasteiger partial charge in [-0.05, 0) is 43.0 Å².